The zero-order valence-electron chi connectivity index (χ0n) is 12.8. The Kier molecular flexibility index (Phi) is 4.64. The molecule has 0 spiro atoms. The van der Waals surface area contributed by atoms with Crippen LogP contribution < -0.4 is 0 Å². The van der Waals surface area contributed by atoms with E-state index in [4.69, 9.17) is 5.26 Å². The quantitative estimate of drug-likeness (QED) is 0.821. The molecule has 1 amide bonds. The lowest BCUT2D eigenvalue weighted by Crippen LogP contribution is -2.49. The SMILES string of the molecule is N#Cc1ncn(CC(=O)N2CCN(Cc3ccccc3)CC2)n1. The van der Waals surface area contributed by atoms with Gasteiger partial charge in [-0.15, -0.1) is 5.10 Å². The molecule has 0 unspecified atom stereocenters. The molecule has 1 aliphatic heterocycles. The molecule has 0 aliphatic carbocycles. The predicted octanol–water partition coefficient (Wildman–Crippen LogP) is 0.494. The summed E-state index contributed by atoms with van der Waals surface area (Å²) in [6.07, 6.45) is 1.42. The fourth-order valence-electron chi connectivity index (χ4n) is 2.66. The number of aromatic nitrogens is 3. The largest absolute Gasteiger partial charge is 0.339 e. The van der Waals surface area contributed by atoms with Gasteiger partial charge in [-0.25, -0.2) is 9.67 Å². The van der Waals surface area contributed by atoms with Crippen molar-refractivity contribution in [3.05, 3.63) is 48.0 Å². The second-order valence-electron chi connectivity index (χ2n) is 5.52. The molecule has 1 saturated heterocycles. The maximum atomic E-state index is 12.3. The Morgan fingerprint density at radius 2 is 1.91 bits per heavy atom. The second kappa shape index (κ2) is 7.03. The van der Waals surface area contributed by atoms with Crippen LogP contribution in [0.4, 0.5) is 0 Å². The molecule has 0 radical (unpaired) electrons. The average molecular weight is 310 g/mol. The van der Waals surface area contributed by atoms with E-state index in [1.165, 1.54) is 16.6 Å². The minimum atomic E-state index is 0.0127. The normalized spacial score (nSPS) is 15.3. The number of hydrogen-bond acceptors (Lipinski definition) is 5. The summed E-state index contributed by atoms with van der Waals surface area (Å²) in [7, 11) is 0. The van der Waals surface area contributed by atoms with Crippen molar-refractivity contribution < 1.29 is 4.79 Å². The van der Waals surface area contributed by atoms with E-state index in [1.54, 1.807) is 0 Å². The van der Waals surface area contributed by atoms with Gasteiger partial charge in [-0.05, 0) is 5.56 Å². The lowest BCUT2D eigenvalue weighted by molar-refractivity contribution is -0.133. The Morgan fingerprint density at radius 3 is 2.57 bits per heavy atom. The standard InChI is InChI=1S/C16H18N6O/c17-10-15-18-13-22(19-15)12-16(23)21-8-6-20(7-9-21)11-14-4-2-1-3-5-14/h1-5,13H,6-9,11-12H2. The van der Waals surface area contributed by atoms with Gasteiger partial charge in [0, 0.05) is 32.7 Å². The summed E-state index contributed by atoms with van der Waals surface area (Å²) in [5.41, 5.74) is 1.29. The van der Waals surface area contributed by atoms with Crippen LogP contribution in [0.5, 0.6) is 0 Å². The first kappa shape index (κ1) is 15.2. The van der Waals surface area contributed by atoms with Crippen LogP contribution in [-0.2, 0) is 17.9 Å². The lowest BCUT2D eigenvalue weighted by atomic mass is 10.2. The highest BCUT2D eigenvalue weighted by atomic mass is 16.2. The third-order valence-electron chi connectivity index (χ3n) is 3.91. The number of carbonyl (C=O) groups is 1. The molecular weight excluding hydrogens is 292 g/mol. The smallest absolute Gasteiger partial charge is 0.252 e. The van der Waals surface area contributed by atoms with Crippen LogP contribution in [0.2, 0.25) is 0 Å². The zero-order valence-corrected chi connectivity index (χ0v) is 12.8. The Labute approximate surface area is 134 Å². The number of benzene rings is 1. The molecule has 0 N–H and O–H groups in total. The molecular formula is C16H18N6O. The molecule has 3 rings (SSSR count). The molecule has 1 aromatic heterocycles. The van der Waals surface area contributed by atoms with Gasteiger partial charge in [0.2, 0.25) is 5.91 Å². The van der Waals surface area contributed by atoms with Crippen molar-refractivity contribution >= 4 is 5.91 Å². The maximum absolute atomic E-state index is 12.3. The van der Waals surface area contributed by atoms with E-state index < -0.39 is 0 Å². The highest BCUT2D eigenvalue weighted by molar-refractivity contribution is 5.76. The number of nitriles is 1. The van der Waals surface area contributed by atoms with Crippen molar-refractivity contribution in [1.82, 2.24) is 24.6 Å². The first-order chi connectivity index (χ1) is 11.2. The minimum Gasteiger partial charge on any atom is -0.339 e. The van der Waals surface area contributed by atoms with E-state index >= 15 is 0 Å². The van der Waals surface area contributed by atoms with Crippen LogP contribution in [0, 0.1) is 11.3 Å². The van der Waals surface area contributed by atoms with Gasteiger partial charge >= 0.3 is 0 Å². The Morgan fingerprint density at radius 1 is 1.17 bits per heavy atom. The molecule has 0 bridgehead atoms. The summed E-state index contributed by atoms with van der Waals surface area (Å²) >= 11 is 0. The number of amides is 1. The molecule has 7 nitrogen and oxygen atoms in total. The number of carbonyl (C=O) groups excluding carboxylic acids is 1. The van der Waals surface area contributed by atoms with E-state index in [0.29, 0.717) is 13.1 Å². The van der Waals surface area contributed by atoms with Crippen molar-refractivity contribution in [2.75, 3.05) is 26.2 Å². The van der Waals surface area contributed by atoms with Gasteiger partial charge in [-0.3, -0.25) is 9.69 Å². The van der Waals surface area contributed by atoms with Crippen molar-refractivity contribution in [2.45, 2.75) is 13.1 Å². The average Bonchev–Trinajstić information content (AvgIpc) is 3.04. The third kappa shape index (κ3) is 3.93. The number of rotatable bonds is 4. The van der Waals surface area contributed by atoms with Gasteiger partial charge in [0.15, 0.2) is 0 Å². The Bertz CT molecular complexity index is 697. The summed E-state index contributed by atoms with van der Waals surface area (Å²) in [6, 6.07) is 12.2. The highest BCUT2D eigenvalue weighted by Gasteiger charge is 2.21. The molecule has 118 valence electrons. The van der Waals surface area contributed by atoms with Crippen LogP contribution in [0.15, 0.2) is 36.7 Å². The second-order valence-corrected chi connectivity index (χ2v) is 5.52. The van der Waals surface area contributed by atoms with E-state index in [0.717, 1.165) is 19.6 Å². The molecule has 1 aromatic carbocycles. The van der Waals surface area contributed by atoms with Crippen molar-refractivity contribution in [2.24, 2.45) is 0 Å². The third-order valence-corrected chi connectivity index (χ3v) is 3.91. The molecule has 2 aromatic rings. The number of piperazine rings is 1. The molecule has 7 heteroatoms. The monoisotopic (exact) mass is 310 g/mol. The fraction of sp³-hybridized carbons (Fsp3) is 0.375. The Balaban J connectivity index is 1.48. The van der Waals surface area contributed by atoms with Crippen LogP contribution in [0.25, 0.3) is 0 Å². The molecule has 0 atom stereocenters. The van der Waals surface area contributed by atoms with E-state index in [-0.39, 0.29) is 18.3 Å². The topological polar surface area (TPSA) is 78.0 Å². The molecule has 1 aliphatic rings. The highest BCUT2D eigenvalue weighted by Crippen LogP contribution is 2.09. The molecule has 23 heavy (non-hydrogen) atoms. The number of hydrogen-bond donors (Lipinski definition) is 0. The summed E-state index contributed by atoms with van der Waals surface area (Å²) in [6.45, 7) is 4.20. The first-order valence-electron chi connectivity index (χ1n) is 7.58. The van der Waals surface area contributed by atoms with Crippen LogP contribution in [0.3, 0.4) is 0 Å². The van der Waals surface area contributed by atoms with E-state index in [9.17, 15) is 4.79 Å². The first-order valence-corrected chi connectivity index (χ1v) is 7.58. The molecule has 1 fully saturated rings. The van der Waals surface area contributed by atoms with Gasteiger partial charge in [-0.1, -0.05) is 30.3 Å². The van der Waals surface area contributed by atoms with Crippen LogP contribution in [0.1, 0.15) is 11.4 Å². The summed E-state index contributed by atoms with van der Waals surface area (Å²) in [5, 5.41) is 12.6. The van der Waals surface area contributed by atoms with Crippen molar-refractivity contribution in [3.63, 3.8) is 0 Å². The summed E-state index contributed by atoms with van der Waals surface area (Å²) < 4.78 is 1.41. The van der Waals surface area contributed by atoms with Crippen LogP contribution >= 0.6 is 0 Å². The Hall–Kier alpha value is -2.72. The van der Waals surface area contributed by atoms with Gasteiger partial charge in [0.05, 0.1) is 0 Å². The van der Waals surface area contributed by atoms with Gasteiger partial charge in [-0.2, -0.15) is 5.26 Å². The number of nitrogens with zero attached hydrogens (tertiary/aromatic N) is 6. The zero-order chi connectivity index (χ0) is 16.1. The summed E-state index contributed by atoms with van der Waals surface area (Å²) in [4.78, 5) is 20.3. The van der Waals surface area contributed by atoms with E-state index in [2.05, 4.69) is 27.1 Å². The van der Waals surface area contributed by atoms with Gasteiger partial charge in [0.1, 0.15) is 18.9 Å². The van der Waals surface area contributed by atoms with Gasteiger partial charge < -0.3 is 4.90 Å². The summed E-state index contributed by atoms with van der Waals surface area (Å²) in [5.74, 6) is 0.101. The van der Waals surface area contributed by atoms with Crippen molar-refractivity contribution in [3.8, 4) is 6.07 Å². The van der Waals surface area contributed by atoms with Crippen molar-refractivity contribution in [1.29, 1.82) is 5.26 Å². The maximum Gasteiger partial charge on any atom is 0.252 e. The molecule has 2 heterocycles. The van der Waals surface area contributed by atoms with Gasteiger partial charge in [0.25, 0.3) is 5.82 Å². The van der Waals surface area contributed by atoms with Crippen LogP contribution in [-0.4, -0.2) is 56.7 Å². The minimum absolute atomic E-state index is 0.0127. The predicted molar refractivity (Wildman–Crippen MR) is 83.0 cm³/mol. The van der Waals surface area contributed by atoms with E-state index in [1.807, 2.05) is 29.2 Å². The molecule has 0 saturated carbocycles. The lowest BCUT2D eigenvalue weighted by Gasteiger charge is -2.34. The fourth-order valence-corrected chi connectivity index (χ4v) is 2.66.